The van der Waals surface area contributed by atoms with Crippen molar-refractivity contribution in [2.24, 2.45) is 0 Å². The second-order valence-corrected chi connectivity index (χ2v) is 6.73. The molecule has 0 fully saturated rings. The largest absolute Gasteiger partial charge is 0.496 e. The molecule has 7 nitrogen and oxygen atoms in total. The highest BCUT2D eigenvalue weighted by Gasteiger charge is 2.24. The summed E-state index contributed by atoms with van der Waals surface area (Å²) in [5.74, 6) is -0.609. The first-order valence-corrected chi connectivity index (χ1v) is 9.11. The zero-order valence-electron chi connectivity index (χ0n) is 15.7. The molecule has 0 saturated carbocycles. The van der Waals surface area contributed by atoms with E-state index in [1.165, 1.54) is 26.4 Å². The Hall–Kier alpha value is -3.03. The van der Waals surface area contributed by atoms with Crippen LogP contribution in [0, 0.1) is 6.92 Å². The van der Waals surface area contributed by atoms with Crippen LogP contribution in [0.25, 0.3) is 11.3 Å². The lowest BCUT2D eigenvalue weighted by molar-refractivity contribution is 0.0597. The van der Waals surface area contributed by atoms with Gasteiger partial charge in [-0.2, -0.15) is 0 Å². The molecule has 0 atom stereocenters. The number of nitrogens with one attached hydrogen (secondary N) is 1. The van der Waals surface area contributed by atoms with Gasteiger partial charge in [0, 0.05) is 11.6 Å². The van der Waals surface area contributed by atoms with Gasteiger partial charge >= 0.3 is 5.97 Å². The number of halogens is 2. The van der Waals surface area contributed by atoms with Crippen molar-refractivity contribution in [3.63, 3.8) is 0 Å². The minimum Gasteiger partial charge on any atom is -0.496 e. The van der Waals surface area contributed by atoms with Crippen LogP contribution >= 0.6 is 23.2 Å². The van der Waals surface area contributed by atoms with Gasteiger partial charge in [0.05, 0.1) is 30.0 Å². The Kier molecular flexibility index (Phi) is 6.10. The van der Waals surface area contributed by atoms with Gasteiger partial charge in [0.15, 0.2) is 0 Å². The number of aromatic nitrogens is 1. The standard InChI is InChI=1S/C20H16Cl2N2O5/c1-10-17(18(24-29-10)11-6-4-5-7-13(11)21)19(25)23-15-9-16(27-2)12(8-14(15)22)20(26)28-3/h4-9H,1-3H3,(H,23,25). The molecule has 2 aromatic carbocycles. The van der Waals surface area contributed by atoms with Crippen molar-refractivity contribution >= 4 is 40.8 Å². The van der Waals surface area contributed by atoms with Gasteiger partial charge in [-0.1, -0.05) is 46.6 Å². The van der Waals surface area contributed by atoms with Gasteiger partial charge in [-0.25, -0.2) is 4.79 Å². The minimum atomic E-state index is -0.613. The average molecular weight is 435 g/mol. The van der Waals surface area contributed by atoms with Crippen LogP contribution in [0.3, 0.4) is 0 Å². The van der Waals surface area contributed by atoms with Crippen LogP contribution in [0.2, 0.25) is 10.0 Å². The van der Waals surface area contributed by atoms with E-state index in [1.807, 2.05) is 0 Å². The molecule has 1 heterocycles. The predicted molar refractivity (Wildman–Crippen MR) is 109 cm³/mol. The third-order valence-electron chi connectivity index (χ3n) is 4.16. The van der Waals surface area contributed by atoms with Crippen molar-refractivity contribution in [2.75, 3.05) is 19.5 Å². The molecule has 0 bridgehead atoms. The van der Waals surface area contributed by atoms with Crippen LogP contribution in [0.1, 0.15) is 26.5 Å². The molecular formula is C20H16Cl2N2O5. The molecule has 0 aliphatic heterocycles. The Balaban J connectivity index is 1.99. The van der Waals surface area contributed by atoms with E-state index < -0.39 is 11.9 Å². The fraction of sp³-hybridized carbons (Fsp3) is 0.150. The number of amides is 1. The van der Waals surface area contributed by atoms with E-state index >= 15 is 0 Å². The fourth-order valence-electron chi connectivity index (χ4n) is 2.75. The van der Waals surface area contributed by atoms with E-state index in [0.29, 0.717) is 22.0 Å². The molecule has 3 rings (SSSR count). The van der Waals surface area contributed by atoms with Crippen molar-refractivity contribution in [1.82, 2.24) is 5.16 Å². The van der Waals surface area contributed by atoms with Crippen LogP contribution in [0.15, 0.2) is 40.9 Å². The maximum Gasteiger partial charge on any atom is 0.341 e. The number of hydrogen-bond donors (Lipinski definition) is 1. The molecule has 0 aliphatic carbocycles. The molecule has 0 unspecified atom stereocenters. The maximum absolute atomic E-state index is 13.0. The molecular weight excluding hydrogens is 419 g/mol. The van der Waals surface area contributed by atoms with E-state index in [2.05, 4.69) is 10.5 Å². The summed E-state index contributed by atoms with van der Waals surface area (Å²) in [6.07, 6.45) is 0. The summed E-state index contributed by atoms with van der Waals surface area (Å²) < 4.78 is 15.1. The number of carbonyl (C=O) groups excluding carboxylic acids is 2. The number of ether oxygens (including phenoxy) is 2. The molecule has 1 N–H and O–H groups in total. The molecule has 0 radical (unpaired) electrons. The summed E-state index contributed by atoms with van der Waals surface area (Å²) in [4.78, 5) is 24.8. The summed E-state index contributed by atoms with van der Waals surface area (Å²) >= 11 is 12.5. The van der Waals surface area contributed by atoms with Crippen LogP contribution in [-0.2, 0) is 4.74 Å². The van der Waals surface area contributed by atoms with E-state index in [1.54, 1.807) is 31.2 Å². The molecule has 0 saturated heterocycles. The number of rotatable bonds is 5. The number of methoxy groups -OCH3 is 2. The highest BCUT2D eigenvalue weighted by atomic mass is 35.5. The second-order valence-electron chi connectivity index (χ2n) is 5.92. The van der Waals surface area contributed by atoms with Crippen molar-refractivity contribution in [3.8, 4) is 17.0 Å². The number of nitrogens with zero attached hydrogens (tertiary/aromatic N) is 1. The van der Waals surface area contributed by atoms with Crippen molar-refractivity contribution in [2.45, 2.75) is 6.92 Å². The zero-order chi connectivity index (χ0) is 21.1. The molecule has 1 amide bonds. The Morgan fingerprint density at radius 2 is 1.83 bits per heavy atom. The molecule has 29 heavy (non-hydrogen) atoms. The van der Waals surface area contributed by atoms with Gasteiger partial charge in [-0.15, -0.1) is 0 Å². The Bertz CT molecular complexity index is 1090. The minimum absolute atomic E-state index is 0.132. The molecule has 1 aromatic heterocycles. The fourth-order valence-corrected chi connectivity index (χ4v) is 3.19. The molecule has 0 aliphatic rings. The van der Waals surface area contributed by atoms with Gasteiger partial charge in [0.1, 0.15) is 28.3 Å². The van der Waals surface area contributed by atoms with Gasteiger partial charge < -0.3 is 19.3 Å². The molecule has 150 valence electrons. The van der Waals surface area contributed by atoms with Crippen molar-refractivity contribution in [3.05, 3.63) is 63.3 Å². The van der Waals surface area contributed by atoms with Crippen LogP contribution in [0.5, 0.6) is 5.75 Å². The van der Waals surface area contributed by atoms with E-state index in [0.717, 1.165) is 0 Å². The van der Waals surface area contributed by atoms with Gasteiger partial charge in [-0.05, 0) is 19.1 Å². The summed E-state index contributed by atoms with van der Waals surface area (Å²) in [5, 5.41) is 7.23. The topological polar surface area (TPSA) is 90.7 Å². The lowest BCUT2D eigenvalue weighted by atomic mass is 10.1. The number of hydrogen-bond acceptors (Lipinski definition) is 6. The normalized spacial score (nSPS) is 10.5. The molecule has 3 aromatic rings. The molecule has 9 heteroatoms. The number of benzene rings is 2. The lowest BCUT2D eigenvalue weighted by Crippen LogP contribution is -2.14. The van der Waals surface area contributed by atoms with E-state index in [4.69, 9.17) is 37.2 Å². The SMILES string of the molecule is COC(=O)c1cc(Cl)c(NC(=O)c2c(-c3ccccc3Cl)noc2C)cc1OC. The van der Waals surface area contributed by atoms with Crippen molar-refractivity contribution < 1.29 is 23.6 Å². The monoisotopic (exact) mass is 434 g/mol. The van der Waals surface area contributed by atoms with Crippen molar-refractivity contribution in [1.29, 1.82) is 0 Å². The third-order valence-corrected chi connectivity index (χ3v) is 4.80. The number of anilines is 1. The highest BCUT2D eigenvalue weighted by Crippen LogP contribution is 2.34. The summed E-state index contributed by atoms with van der Waals surface area (Å²) in [7, 11) is 2.64. The summed E-state index contributed by atoms with van der Waals surface area (Å²) in [6.45, 7) is 1.62. The first-order valence-electron chi connectivity index (χ1n) is 8.35. The Morgan fingerprint density at radius 1 is 1.10 bits per heavy atom. The van der Waals surface area contributed by atoms with Crippen LogP contribution in [-0.4, -0.2) is 31.3 Å². The second kappa shape index (κ2) is 8.55. The predicted octanol–water partition coefficient (Wildman–Crippen LogP) is 5.00. The molecule has 0 spiro atoms. The van der Waals surface area contributed by atoms with E-state index in [9.17, 15) is 9.59 Å². The zero-order valence-corrected chi connectivity index (χ0v) is 17.2. The van der Waals surface area contributed by atoms with Gasteiger partial charge in [0.2, 0.25) is 0 Å². The van der Waals surface area contributed by atoms with Gasteiger partial charge in [0.25, 0.3) is 5.91 Å². The smallest absolute Gasteiger partial charge is 0.341 e. The Morgan fingerprint density at radius 3 is 2.48 bits per heavy atom. The van der Waals surface area contributed by atoms with Crippen LogP contribution in [0.4, 0.5) is 5.69 Å². The highest BCUT2D eigenvalue weighted by molar-refractivity contribution is 6.35. The maximum atomic E-state index is 13.0. The number of esters is 1. The average Bonchev–Trinajstić information content (AvgIpc) is 3.10. The first-order chi connectivity index (χ1) is 13.9. The van der Waals surface area contributed by atoms with Gasteiger partial charge in [-0.3, -0.25) is 4.79 Å². The summed E-state index contributed by atoms with van der Waals surface area (Å²) in [5.41, 5.74) is 1.45. The Labute approximate surface area is 176 Å². The number of carbonyl (C=O) groups is 2. The summed E-state index contributed by atoms with van der Waals surface area (Å²) in [6, 6.07) is 9.77. The quantitative estimate of drug-likeness (QED) is 0.567. The first kappa shape index (κ1) is 20.7. The lowest BCUT2D eigenvalue weighted by Gasteiger charge is -2.12. The number of aryl methyl sites for hydroxylation is 1. The van der Waals surface area contributed by atoms with Crippen LogP contribution < -0.4 is 10.1 Å². The third kappa shape index (κ3) is 4.06. The van der Waals surface area contributed by atoms with E-state index in [-0.39, 0.29) is 27.6 Å².